The molecule has 2 heterocycles. The molecule has 35 heavy (non-hydrogen) atoms. The van der Waals surface area contributed by atoms with Crippen LogP contribution in [0.4, 0.5) is 5.13 Å². The number of para-hydroxylation sites is 1. The van der Waals surface area contributed by atoms with Crippen LogP contribution < -0.4 is 10.9 Å². The predicted octanol–water partition coefficient (Wildman–Crippen LogP) is 5.36. The number of nitrogens with one attached hydrogen (secondary N) is 1. The minimum Gasteiger partial charge on any atom is -0.309 e. The summed E-state index contributed by atoms with van der Waals surface area (Å²) >= 11 is 6.09. The molecule has 0 saturated carbocycles. The third-order valence-electron chi connectivity index (χ3n) is 5.29. The van der Waals surface area contributed by atoms with Crippen molar-refractivity contribution < 1.29 is 4.79 Å². The van der Waals surface area contributed by atoms with Crippen LogP contribution in [0.3, 0.4) is 0 Å². The topological polar surface area (TPSA) is 80.1 Å². The van der Waals surface area contributed by atoms with Crippen molar-refractivity contribution in [2.45, 2.75) is 24.5 Å². The molecule has 0 aliphatic heterocycles. The number of carbonyl (C=O) groups excluding carboxylic acids is 1. The summed E-state index contributed by atoms with van der Waals surface area (Å²) in [4.78, 5) is 37.2. The van der Waals surface area contributed by atoms with Crippen molar-refractivity contribution in [1.82, 2.24) is 19.4 Å². The van der Waals surface area contributed by atoms with Gasteiger partial charge in [-0.2, -0.15) is 0 Å². The molecule has 182 valence electrons. The number of hydrogen-bond donors (Lipinski definition) is 1. The first kappa shape index (κ1) is 25.6. The van der Waals surface area contributed by atoms with E-state index in [2.05, 4.69) is 31.1 Å². The number of anilines is 1. The van der Waals surface area contributed by atoms with E-state index in [4.69, 9.17) is 4.98 Å². The van der Waals surface area contributed by atoms with Gasteiger partial charge < -0.3 is 10.2 Å². The molecule has 2 aromatic heterocycles. The van der Waals surface area contributed by atoms with Gasteiger partial charge in [-0.15, -0.1) is 11.3 Å². The first-order valence-electron chi connectivity index (χ1n) is 11.2. The van der Waals surface area contributed by atoms with E-state index >= 15 is 0 Å². The Hall–Kier alpha value is -2.53. The number of fused-ring (bicyclic) bond motifs is 1. The summed E-state index contributed by atoms with van der Waals surface area (Å²) in [5.74, 6) is -0.0522. The van der Waals surface area contributed by atoms with Gasteiger partial charge in [-0.1, -0.05) is 52.0 Å². The highest BCUT2D eigenvalue weighted by molar-refractivity contribution is 9.10. The summed E-state index contributed by atoms with van der Waals surface area (Å²) in [5, 5.41) is 6.48. The third kappa shape index (κ3) is 6.78. The fraction of sp³-hybridized carbons (Fsp3) is 0.280. The number of rotatable bonds is 10. The molecule has 1 amide bonds. The van der Waals surface area contributed by atoms with Crippen LogP contribution in [0.5, 0.6) is 0 Å². The quantitative estimate of drug-likeness (QED) is 0.157. The zero-order valence-electron chi connectivity index (χ0n) is 19.5. The molecule has 0 spiro atoms. The number of thioether (sulfide) groups is 1. The van der Waals surface area contributed by atoms with Crippen molar-refractivity contribution in [2.75, 3.05) is 31.7 Å². The smallest absolute Gasteiger partial charge is 0.262 e. The van der Waals surface area contributed by atoms with Gasteiger partial charge >= 0.3 is 0 Å². The van der Waals surface area contributed by atoms with Crippen LogP contribution in [-0.4, -0.2) is 51.7 Å². The average molecular weight is 573 g/mol. The van der Waals surface area contributed by atoms with Crippen LogP contribution in [0.25, 0.3) is 22.2 Å². The lowest BCUT2D eigenvalue weighted by atomic mass is 10.2. The minimum atomic E-state index is -0.187. The van der Waals surface area contributed by atoms with Gasteiger partial charge in [0.25, 0.3) is 5.56 Å². The second-order valence-electron chi connectivity index (χ2n) is 8.26. The maximum absolute atomic E-state index is 13.2. The number of nitrogens with zero attached hydrogens (tertiary/aromatic N) is 4. The monoisotopic (exact) mass is 571 g/mol. The Morgan fingerprint density at radius 1 is 1.11 bits per heavy atom. The summed E-state index contributed by atoms with van der Waals surface area (Å²) in [7, 11) is 4.07. The molecule has 0 saturated heterocycles. The highest BCUT2D eigenvalue weighted by atomic mass is 79.9. The molecule has 0 aliphatic rings. The number of unbranched alkanes of at least 4 members (excludes halogenated alkanes) is 1. The maximum Gasteiger partial charge on any atom is 0.262 e. The molecule has 2 aromatic carbocycles. The molecule has 10 heteroatoms. The van der Waals surface area contributed by atoms with Gasteiger partial charge in [0.2, 0.25) is 5.91 Å². The van der Waals surface area contributed by atoms with E-state index in [0.717, 1.165) is 35.1 Å². The van der Waals surface area contributed by atoms with Crippen molar-refractivity contribution in [2.24, 2.45) is 0 Å². The van der Waals surface area contributed by atoms with E-state index in [0.29, 0.717) is 27.7 Å². The highest BCUT2D eigenvalue weighted by Gasteiger charge is 2.14. The van der Waals surface area contributed by atoms with Crippen LogP contribution >= 0.6 is 39.0 Å². The number of benzene rings is 2. The summed E-state index contributed by atoms with van der Waals surface area (Å²) in [6.07, 6.45) is 1.83. The number of amides is 1. The number of thiazole rings is 1. The second-order valence-corrected chi connectivity index (χ2v) is 11.0. The van der Waals surface area contributed by atoms with Crippen molar-refractivity contribution in [1.29, 1.82) is 0 Å². The molecule has 0 fully saturated rings. The zero-order valence-corrected chi connectivity index (χ0v) is 22.8. The van der Waals surface area contributed by atoms with E-state index in [-0.39, 0.29) is 17.2 Å². The Bertz CT molecular complexity index is 1370. The van der Waals surface area contributed by atoms with Gasteiger partial charge in [0.1, 0.15) is 0 Å². The van der Waals surface area contributed by atoms with Crippen molar-refractivity contribution in [3.63, 3.8) is 0 Å². The Kier molecular flexibility index (Phi) is 8.72. The van der Waals surface area contributed by atoms with Gasteiger partial charge in [0, 0.05) is 22.0 Å². The molecule has 0 aliphatic carbocycles. The molecule has 0 unspecified atom stereocenters. The first-order chi connectivity index (χ1) is 16.9. The summed E-state index contributed by atoms with van der Waals surface area (Å²) in [6.45, 7) is 1.52. The number of halogens is 1. The highest BCUT2D eigenvalue weighted by Crippen LogP contribution is 2.26. The Morgan fingerprint density at radius 2 is 1.89 bits per heavy atom. The molecule has 0 bridgehead atoms. The van der Waals surface area contributed by atoms with E-state index in [9.17, 15) is 9.59 Å². The van der Waals surface area contributed by atoms with Crippen molar-refractivity contribution in [3.8, 4) is 11.3 Å². The fourth-order valence-corrected chi connectivity index (χ4v) is 5.35. The van der Waals surface area contributed by atoms with Crippen LogP contribution in [0, 0.1) is 0 Å². The lowest BCUT2D eigenvalue weighted by Crippen LogP contribution is -2.25. The fourth-order valence-electron chi connectivity index (χ4n) is 3.52. The van der Waals surface area contributed by atoms with Crippen LogP contribution in [0.15, 0.2) is 68.3 Å². The molecule has 0 atom stereocenters. The standard InChI is InChI=1S/C25H26BrN5O2S2/c1-30(2)13-5-6-14-31-23(33)19-7-3-4-8-20(19)28-25(31)35-16-22(32)29-24-27-21(15-34-24)17-9-11-18(26)12-10-17/h3-4,7-12,15H,5-6,13-14,16H2,1-2H3,(H,27,29,32). The molecule has 1 N–H and O–H groups in total. The van der Waals surface area contributed by atoms with E-state index in [1.54, 1.807) is 10.6 Å². The number of carbonyl (C=O) groups is 1. The molecule has 4 rings (SSSR count). The summed E-state index contributed by atoms with van der Waals surface area (Å²) < 4.78 is 2.70. The average Bonchev–Trinajstić information content (AvgIpc) is 3.30. The van der Waals surface area contributed by atoms with Crippen molar-refractivity contribution >= 4 is 61.0 Å². The molecule has 0 radical (unpaired) electrons. The molecular formula is C25H26BrN5O2S2. The van der Waals surface area contributed by atoms with Crippen LogP contribution in [-0.2, 0) is 11.3 Å². The van der Waals surface area contributed by atoms with Crippen LogP contribution in [0.1, 0.15) is 12.8 Å². The lowest BCUT2D eigenvalue weighted by molar-refractivity contribution is -0.113. The van der Waals surface area contributed by atoms with Gasteiger partial charge in [-0.3, -0.25) is 14.2 Å². The molecule has 4 aromatic rings. The van der Waals surface area contributed by atoms with E-state index < -0.39 is 0 Å². The minimum absolute atomic E-state index is 0.0672. The zero-order chi connectivity index (χ0) is 24.8. The third-order valence-corrected chi connectivity index (χ3v) is 7.55. The maximum atomic E-state index is 13.2. The van der Waals surface area contributed by atoms with Gasteiger partial charge in [0.05, 0.1) is 22.3 Å². The predicted molar refractivity (Wildman–Crippen MR) is 148 cm³/mol. The Morgan fingerprint density at radius 3 is 2.66 bits per heavy atom. The molecular weight excluding hydrogens is 546 g/mol. The Balaban J connectivity index is 1.45. The normalized spacial score (nSPS) is 11.3. The Labute approximate surface area is 220 Å². The van der Waals surface area contributed by atoms with Crippen LogP contribution in [0.2, 0.25) is 0 Å². The summed E-state index contributed by atoms with van der Waals surface area (Å²) in [6, 6.07) is 15.2. The second kappa shape index (κ2) is 11.9. The number of aromatic nitrogens is 3. The first-order valence-corrected chi connectivity index (χ1v) is 13.8. The van der Waals surface area contributed by atoms with Gasteiger partial charge in [-0.05, 0) is 57.7 Å². The molecule has 7 nitrogen and oxygen atoms in total. The number of hydrogen-bond acceptors (Lipinski definition) is 7. The van der Waals surface area contributed by atoms with E-state index in [1.165, 1.54) is 23.1 Å². The van der Waals surface area contributed by atoms with Gasteiger partial charge in [-0.25, -0.2) is 9.97 Å². The SMILES string of the molecule is CN(C)CCCCn1c(SCC(=O)Nc2nc(-c3ccc(Br)cc3)cs2)nc2ccccc2c1=O. The lowest BCUT2D eigenvalue weighted by Gasteiger charge is -2.14. The van der Waals surface area contributed by atoms with Crippen molar-refractivity contribution in [3.05, 3.63) is 68.7 Å². The van der Waals surface area contributed by atoms with Gasteiger partial charge in [0.15, 0.2) is 10.3 Å². The van der Waals surface area contributed by atoms with E-state index in [1.807, 2.05) is 61.9 Å². The summed E-state index contributed by atoms with van der Waals surface area (Å²) in [5.41, 5.74) is 2.37. The largest absolute Gasteiger partial charge is 0.309 e.